The molecule has 1 aromatic heterocycles. The molecule has 1 aliphatic rings. The highest BCUT2D eigenvalue weighted by molar-refractivity contribution is 6.32. The second kappa shape index (κ2) is 8.23. The highest BCUT2D eigenvalue weighted by atomic mass is 35.5. The molecule has 4 rings (SSSR count). The third-order valence-electron chi connectivity index (χ3n) is 5.02. The second-order valence-electron chi connectivity index (χ2n) is 6.75. The highest BCUT2D eigenvalue weighted by Crippen LogP contribution is 2.36. The first-order chi connectivity index (χ1) is 14.5. The summed E-state index contributed by atoms with van der Waals surface area (Å²) in [6, 6.07) is 10.6. The minimum atomic E-state index is -0.194. The number of carbonyl (C=O) groups is 1. The van der Waals surface area contributed by atoms with Gasteiger partial charge in [-0.1, -0.05) is 16.8 Å². The van der Waals surface area contributed by atoms with Crippen LogP contribution < -0.4 is 19.1 Å². The van der Waals surface area contributed by atoms with Crippen LogP contribution in [0, 0.1) is 0 Å². The monoisotopic (exact) mass is 429 g/mol. The minimum Gasteiger partial charge on any atom is -0.497 e. The number of nitrogens with zero attached hydrogens (tertiary/aromatic N) is 3. The predicted octanol–water partition coefficient (Wildman–Crippen LogP) is 3.94. The summed E-state index contributed by atoms with van der Waals surface area (Å²) in [5.41, 5.74) is 1.36. The molecule has 0 bridgehead atoms. The van der Waals surface area contributed by atoms with Crippen LogP contribution in [0.15, 0.2) is 40.9 Å². The van der Waals surface area contributed by atoms with Crippen LogP contribution in [0.4, 0.5) is 5.69 Å². The maximum absolute atomic E-state index is 12.6. The number of carbonyl (C=O) groups excluding carboxylic acids is 1. The van der Waals surface area contributed by atoms with E-state index in [0.29, 0.717) is 51.8 Å². The van der Waals surface area contributed by atoms with E-state index in [1.807, 2.05) is 0 Å². The van der Waals surface area contributed by atoms with Gasteiger partial charge in [0, 0.05) is 30.6 Å². The van der Waals surface area contributed by atoms with Gasteiger partial charge < -0.3 is 23.6 Å². The second-order valence-corrected chi connectivity index (χ2v) is 7.16. The fourth-order valence-corrected chi connectivity index (χ4v) is 3.69. The number of amides is 1. The molecule has 8 nitrogen and oxygen atoms in total. The molecule has 1 fully saturated rings. The van der Waals surface area contributed by atoms with Gasteiger partial charge in [0.25, 0.3) is 5.89 Å². The summed E-state index contributed by atoms with van der Waals surface area (Å²) in [4.78, 5) is 18.8. The molecule has 30 heavy (non-hydrogen) atoms. The van der Waals surface area contributed by atoms with Crippen molar-refractivity contribution in [2.45, 2.75) is 12.3 Å². The fraction of sp³-hybridized carbons (Fsp3) is 0.286. The largest absolute Gasteiger partial charge is 0.497 e. The van der Waals surface area contributed by atoms with Crippen LogP contribution >= 0.6 is 11.6 Å². The van der Waals surface area contributed by atoms with Crippen LogP contribution in [0.1, 0.15) is 18.2 Å². The summed E-state index contributed by atoms with van der Waals surface area (Å²) in [5.74, 6) is 2.34. The third-order valence-corrected chi connectivity index (χ3v) is 5.31. The van der Waals surface area contributed by atoms with Gasteiger partial charge in [-0.05, 0) is 30.3 Å². The molecule has 156 valence electrons. The molecule has 0 spiro atoms. The van der Waals surface area contributed by atoms with Gasteiger partial charge in [-0.3, -0.25) is 4.79 Å². The zero-order chi connectivity index (χ0) is 21.3. The SMILES string of the molecule is COc1ccc(-c2nc(C3CC(=O)N(c4ccc(OC)c(Cl)c4)C3)no2)c(OC)c1. The van der Waals surface area contributed by atoms with Crippen molar-refractivity contribution in [3.63, 3.8) is 0 Å². The first kappa shape index (κ1) is 20.0. The maximum Gasteiger partial charge on any atom is 0.261 e. The molecular formula is C21H20ClN3O5. The summed E-state index contributed by atoms with van der Waals surface area (Å²) in [6.07, 6.45) is 0.280. The van der Waals surface area contributed by atoms with Gasteiger partial charge in [-0.2, -0.15) is 4.98 Å². The van der Waals surface area contributed by atoms with Crippen LogP contribution in [0.3, 0.4) is 0 Å². The van der Waals surface area contributed by atoms with E-state index < -0.39 is 0 Å². The molecule has 0 radical (unpaired) electrons. The first-order valence-electron chi connectivity index (χ1n) is 9.24. The standard InChI is InChI=1S/C21H20ClN3O5/c1-27-14-5-6-15(18(10-14)29-3)21-23-20(24-30-21)12-8-19(26)25(11-12)13-4-7-17(28-2)16(22)9-13/h4-7,9-10,12H,8,11H2,1-3H3. The third kappa shape index (κ3) is 3.66. The number of rotatable bonds is 6. The van der Waals surface area contributed by atoms with E-state index in [9.17, 15) is 4.79 Å². The fourth-order valence-electron chi connectivity index (χ4n) is 3.44. The Kier molecular flexibility index (Phi) is 5.50. The van der Waals surface area contributed by atoms with Crippen LogP contribution in [0.5, 0.6) is 17.2 Å². The Hall–Kier alpha value is -3.26. The minimum absolute atomic E-state index is 0.0328. The maximum atomic E-state index is 12.6. The van der Waals surface area contributed by atoms with Crippen LogP contribution in [-0.4, -0.2) is 43.9 Å². The number of aromatic nitrogens is 2. The topological polar surface area (TPSA) is 86.9 Å². The van der Waals surface area contributed by atoms with Crippen molar-refractivity contribution in [1.29, 1.82) is 0 Å². The van der Waals surface area contributed by atoms with E-state index >= 15 is 0 Å². The van der Waals surface area contributed by atoms with Crippen molar-refractivity contribution in [3.8, 4) is 28.7 Å². The number of benzene rings is 2. The lowest BCUT2D eigenvalue weighted by Gasteiger charge is -2.17. The number of ether oxygens (including phenoxy) is 3. The van der Waals surface area contributed by atoms with Crippen LogP contribution in [0.25, 0.3) is 11.5 Å². The average Bonchev–Trinajstić information content (AvgIpc) is 3.40. The summed E-state index contributed by atoms with van der Waals surface area (Å²) >= 11 is 6.21. The Labute approximate surface area is 178 Å². The molecule has 9 heteroatoms. The molecule has 2 heterocycles. The Morgan fingerprint density at radius 2 is 1.87 bits per heavy atom. The van der Waals surface area contributed by atoms with E-state index in [2.05, 4.69) is 10.1 Å². The number of hydrogen-bond donors (Lipinski definition) is 0. The molecule has 1 aliphatic heterocycles. The zero-order valence-electron chi connectivity index (χ0n) is 16.7. The Balaban J connectivity index is 1.56. The van der Waals surface area contributed by atoms with Gasteiger partial charge in [0.2, 0.25) is 5.91 Å². The Morgan fingerprint density at radius 3 is 2.57 bits per heavy atom. The van der Waals surface area contributed by atoms with E-state index in [1.165, 1.54) is 0 Å². The van der Waals surface area contributed by atoms with Crippen molar-refractivity contribution < 1.29 is 23.5 Å². The average molecular weight is 430 g/mol. The smallest absolute Gasteiger partial charge is 0.261 e. The van der Waals surface area contributed by atoms with E-state index in [0.717, 1.165) is 0 Å². The molecule has 0 N–H and O–H groups in total. The highest BCUT2D eigenvalue weighted by Gasteiger charge is 2.35. The normalized spacial score (nSPS) is 16.1. The summed E-state index contributed by atoms with van der Waals surface area (Å²) < 4.78 is 21.2. The van der Waals surface area contributed by atoms with E-state index in [-0.39, 0.29) is 18.2 Å². The van der Waals surface area contributed by atoms with Crippen molar-refractivity contribution in [2.75, 3.05) is 32.8 Å². The van der Waals surface area contributed by atoms with Gasteiger partial charge in [0.05, 0.1) is 31.9 Å². The number of methoxy groups -OCH3 is 3. The number of halogens is 1. The number of anilines is 1. The van der Waals surface area contributed by atoms with Gasteiger partial charge in [-0.25, -0.2) is 0 Å². The molecule has 1 saturated heterocycles. The molecule has 1 unspecified atom stereocenters. The number of hydrogen-bond acceptors (Lipinski definition) is 7. The quantitative estimate of drug-likeness (QED) is 0.586. The molecule has 1 amide bonds. The summed E-state index contributed by atoms with van der Waals surface area (Å²) in [6.45, 7) is 0.431. The van der Waals surface area contributed by atoms with Crippen molar-refractivity contribution in [2.24, 2.45) is 0 Å². The van der Waals surface area contributed by atoms with Gasteiger partial charge in [-0.15, -0.1) is 0 Å². The lowest BCUT2D eigenvalue weighted by molar-refractivity contribution is -0.117. The predicted molar refractivity (Wildman–Crippen MR) is 111 cm³/mol. The lowest BCUT2D eigenvalue weighted by atomic mass is 10.1. The Bertz CT molecular complexity index is 1080. The van der Waals surface area contributed by atoms with E-state index in [1.54, 1.807) is 62.6 Å². The lowest BCUT2D eigenvalue weighted by Crippen LogP contribution is -2.24. The van der Waals surface area contributed by atoms with Crippen LogP contribution in [0.2, 0.25) is 5.02 Å². The van der Waals surface area contributed by atoms with Crippen molar-refractivity contribution in [3.05, 3.63) is 47.2 Å². The molecule has 0 aliphatic carbocycles. The van der Waals surface area contributed by atoms with Gasteiger partial charge in [0.1, 0.15) is 17.2 Å². The summed E-state index contributed by atoms with van der Waals surface area (Å²) in [5, 5.41) is 4.55. The Morgan fingerprint density at radius 1 is 1.07 bits per heavy atom. The first-order valence-corrected chi connectivity index (χ1v) is 9.61. The molecule has 3 aromatic rings. The van der Waals surface area contributed by atoms with Gasteiger partial charge in [0.15, 0.2) is 5.82 Å². The van der Waals surface area contributed by atoms with Crippen molar-refractivity contribution in [1.82, 2.24) is 10.1 Å². The van der Waals surface area contributed by atoms with E-state index in [4.69, 9.17) is 30.3 Å². The molecular weight excluding hydrogens is 410 g/mol. The molecule has 0 saturated carbocycles. The van der Waals surface area contributed by atoms with Crippen LogP contribution in [-0.2, 0) is 4.79 Å². The summed E-state index contributed by atoms with van der Waals surface area (Å²) in [7, 11) is 4.69. The van der Waals surface area contributed by atoms with Crippen molar-refractivity contribution >= 4 is 23.2 Å². The molecule has 1 atom stereocenters. The molecule has 2 aromatic carbocycles. The van der Waals surface area contributed by atoms with Gasteiger partial charge >= 0.3 is 0 Å². The zero-order valence-corrected chi connectivity index (χ0v) is 17.5.